The Balaban J connectivity index is 1.80. The van der Waals surface area contributed by atoms with Crippen molar-refractivity contribution in [3.05, 3.63) is 70.2 Å². The molecule has 0 bridgehead atoms. The first-order chi connectivity index (χ1) is 12.9. The number of hydrogen-bond donors (Lipinski definition) is 1. The molecule has 0 spiro atoms. The van der Waals surface area contributed by atoms with E-state index in [1.54, 1.807) is 37.4 Å². The van der Waals surface area contributed by atoms with Gasteiger partial charge in [-0.1, -0.05) is 52.3 Å². The lowest BCUT2D eigenvalue weighted by molar-refractivity contribution is -0.153. The van der Waals surface area contributed by atoms with E-state index in [0.717, 1.165) is 10.0 Å². The van der Waals surface area contributed by atoms with Crippen LogP contribution in [-0.4, -0.2) is 42.4 Å². The minimum absolute atomic E-state index is 0.333. The number of hydrogen-bond acceptors (Lipinski definition) is 4. The van der Waals surface area contributed by atoms with E-state index in [-0.39, 0.29) is 18.4 Å². The van der Waals surface area contributed by atoms with Gasteiger partial charge in [-0.25, -0.2) is 4.79 Å². The Kier molecular flexibility index (Phi) is 7.55. The number of esters is 1. The van der Waals surface area contributed by atoms with Gasteiger partial charge in [0, 0.05) is 23.6 Å². The molecule has 2 amide bonds. The van der Waals surface area contributed by atoms with Crippen molar-refractivity contribution in [1.29, 1.82) is 0 Å². The molecule has 1 N–H and O–H groups in total. The lowest BCUT2D eigenvalue weighted by atomic mass is 10.2. The van der Waals surface area contributed by atoms with Crippen molar-refractivity contribution < 1.29 is 19.1 Å². The highest BCUT2D eigenvalue weighted by atomic mass is 79.9. The van der Waals surface area contributed by atoms with Gasteiger partial charge in [0.15, 0.2) is 6.61 Å². The van der Waals surface area contributed by atoms with E-state index < -0.39 is 12.0 Å². The zero-order valence-corrected chi connectivity index (χ0v) is 16.7. The third-order valence-electron chi connectivity index (χ3n) is 3.87. The standard InChI is InChI=1S/C20H21BrN2O4/c1-14(22-19(25)15-8-4-3-5-9-15)20(26)27-13-18(24)23(2)12-16-10-6-7-11-17(16)21/h3-11,14H,12-13H2,1-2H3,(H,22,25). The largest absolute Gasteiger partial charge is 0.454 e. The Labute approximate surface area is 166 Å². The number of benzene rings is 2. The van der Waals surface area contributed by atoms with Gasteiger partial charge in [0.05, 0.1) is 0 Å². The van der Waals surface area contributed by atoms with Crippen LogP contribution in [0.25, 0.3) is 0 Å². The fourth-order valence-corrected chi connectivity index (χ4v) is 2.68. The Morgan fingerprint density at radius 2 is 1.70 bits per heavy atom. The Morgan fingerprint density at radius 1 is 1.07 bits per heavy atom. The Morgan fingerprint density at radius 3 is 2.37 bits per heavy atom. The van der Waals surface area contributed by atoms with Crippen LogP contribution in [0.4, 0.5) is 0 Å². The van der Waals surface area contributed by atoms with Crippen LogP contribution in [0.3, 0.4) is 0 Å². The van der Waals surface area contributed by atoms with Gasteiger partial charge in [-0.3, -0.25) is 9.59 Å². The van der Waals surface area contributed by atoms with Crippen molar-refractivity contribution in [3.8, 4) is 0 Å². The number of carbonyl (C=O) groups is 3. The smallest absolute Gasteiger partial charge is 0.328 e. The van der Waals surface area contributed by atoms with Crippen LogP contribution in [0.2, 0.25) is 0 Å². The van der Waals surface area contributed by atoms with Crippen LogP contribution in [0.5, 0.6) is 0 Å². The highest BCUT2D eigenvalue weighted by Crippen LogP contribution is 2.17. The summed E-state index contributed by atoms with van der Waals surface area (Å²) in [6, 6.07) is 15.3. The molecular weight excluding hydrogens is 412 g/mol. The van der Waals surface area contributed by atoms with Crippen molar-refractivity contribution in [1.82, 2.24) is 10.2 Å². The third-order valence-corrected chi connectivity index (χ3v) is 4.64. The van der Waals surface area contributed by atoms with E-state index in [1.807, 2.05) is 24.3 Å². The molecule has 0 aliphatic carbocycles. The average Bonchev–Trinajstić information content (AvgIpc) is 2.68. The predicted octanol–water partition coefficient (Wildman–Crippen LogP) is 2.77. The summed E-state index contributed by atoms with van der Waals surface area (Å²) in [5.74, 6) is -1.37. The summed E-state index contributed by atoms with van der Waals surface area (Å²) in [5.41, 5.74) is 1.39. The second-order valence-corrected chi connectivity index (χ2v) is 6.86. The first kappa shape index (κ1) is 20.6. The maximum atomic E-state index is 12.2. The Hall–Kier alpha value is -2.67. The molecule has 7 heteroatoms. The Bertz CT molecular complexity index is 811. The average molecular weight is 433 g/mol. The molecule has 0 aliphatic rings. The molecule has 1 unspecified atom stereocenters. The highest BCUT2D eigenvalue weighted by Gasteiger charge is 2.20. The summed E-state index contributed by atoms with van der Waals surface area (Å²) >= 11 is 3.43. The molecule has 2 aromatic rings. The quantitative estimate of drug-likeness (QED) is 0.682. The second kappa shape index (κ2) is 9.87. The van der Waals surface area contributed by atoms with Crippen LogP contribution < -0.4 is 5.32 Å². The summed E-state index contributed by atoms with van der Waals surface area (Å²) in [6.07, 6.45) is 0. The van der Waals surface area contributed by atoms with Crippen LogP contribution in [0, 0.1) is 0 Å². The monoisotopic (exact) mass is 432 g/mol. The minimum atomic E-state index is -0.862. The molecule has 0 heterocycles. The molecule has 6 nitrogen and oxygen atoms in total. The minimum Gasteiger partial charge on any atom is -0.454 e. The molecule has 0 saturated heterocycles. The van der Waals surface area contributed by atoms with E-state index in [4.69, 9.17) is 4.74 Å². The molecule has 0 saturated carbocycles. The number of nitrogens with zero attached hydrogens (tertiary/aromatic N) is 1. The van der Waals surface area contributed by atoms with Crippen molar-refractivity contribution in [3.63, 3.8) is 0 Å². The highest BCUT2D eigenvalue weighted by molar-refractivity contribution is 9.10. The van der Waals surface area contributed by atoms with Crippen LogP contribution in [0.1, 0.15) is 22.8 Å². The molecule has 0 aliphatic heterocycles. The van der Waals surface area contributed by atoms with Gasteiger partial charge in [0.2, 0.25) is 0 Å². The van der Waals surface area contributed by atoms with Crippen LogP contribution in [-0.2, 0) is 20.9 Å². The van der Waals surface area contributed by atoms with Gasteiger partial charge in [-0.05, 0) is 30.7 Å². The number of ether oxygens (including phenoxy) is 1. The molecule has 1 atom stereocenters. The fourth-order valence-electron chi connectivity index (χ4n) is 2.27. The molecule has 2 aromatic carbocycles. The lowest BCUT2D eigenvalue weighted by Gasteiger charge is -2.19. The van der Waals surface area contributed by atoms with Crippen molar-refractivity contribution in [2.24, 2.45) is 0 Å². The molecule has 142 valence electrons. The maximum absolute atomic E-state index is 12.2. The van der Waals surface area contributed by atoms with E-state index >= 15 is 0 Å². The van der Waals surface area contributed by atoms with Crippen molar-refractivity contribution in [2.45, 2.75) is 19.5 Å². The maximum Gasteiger partial charge on any atom is 0.328 e. The zero-order valence-electron chi connectivity index (χ0n) is 15.1. The lowest BCUT2D eigenvalue weighted by Crippen LogP contribution is -2.41. The van der Waals surface area contributed by atoms with Crippen LogP contribution in [0.15, 0.2) is 59.1 Å². The number of halogens is 1. The zero-order chi connectivity index (χ0) is 19.8. The van der Waals surface area contributed by atoms with Gasteiger partial charge in [0.1, 0.15) is 6.04 Å². The third kappa shape index (κ3) is 6.21. The fraction of sp³-hybridized carbons (Fsp3) is 0.250. The summed E-state index contributed by atoms with van der Waals surface area (Å²) in [4.78, 5) is 37.7. The normalized spacial score (nSPS) is 11.4. The number of rotatable bonds is 7. The molecule has 2 rings (SSSR count). The number of likely N-dealkylation sites (N-methyl/N-ethyl adjacent to an activating group) is 1. The number of nitrogens with one attached hydrogen (secondary N) is 1. The van der Waals surface area contributed by atoms with E-state index in [0.29, 0.717) is 12.1 Å². The molecule has 0 aromatic heterocycles. The van der Waals surface area contributed by atoms with Crippen molar-refractivity contribution in [2.75, 3.05) is 13.7 Å². The molecule has 0 radical (unpaired) electrons. The molecule has 27 heavy (non-hydrogen) atoms. The van der Waals surface area contributed by atoms with Gasteiger partial charge in [-0.2, -0.15) is 0 Å². The van der Waals surface area contributed by atoms with Crippen molar-refractivity contribution >= 4 is 33.7 Å². The summed E-state index contributed by atoms with van der Waals surface area (Å²) < 4.78 is 5.94. The first-order valence-corrected chi connectivity index (χ1v) is 9.17. The van der Waals surface area contributed by atoms with E-state index in [2.05, 4.69) is 21.2 Å². The van der Waals surface area contributed by atoms with Crippen LogP contribution >= 0.6 is 15.9 Å². The van der Waals surface area contributed by atoms with Gasteiger partial charge < -0.3 is 15.0 Å². The molecular formula is C20H21BrN2O4. The topological polar surface area (TPSA) is 75.7 Å². The van der Waals surface area contributed by atoms with E-state index in [1.165, 1.54) is 11.8 Å². The van der Waals surface area contributed by atoms with Gasteiger partial charge in [-0.15, -0.1) is 0 Å². The van der Waals surface area contributed by atoms with E-state index in [9.17, 15) is 14.4 Å². The SMILES string of the molecule is CC(NC(=O)c1ccccc1)C(=O)OCC(=O)N(C)Cc1ccccc1Br. The summed E-state index contributed by atoms with van der Waals surface area (Å²) in [5, 5.41) is 2.55. The molecule has 0 fully saturated rings. The predicted molar refractivity (Wildman–Crippen MR) is 105 cm³/mol. The number of amides is 2. The first-order valence-electron chi connectivity index (χ1n) is 8.38. The second-order valence-electron chi connectivity index (χ2n) is 6.01. The van der Waals surface area contributed by atoms with Gasteiger partial charge >= 0.3 is 5.97 Å². The number of carbonyl (C=O) groups excluding carboxylic acids is 3. The summed E-state index contributed by atoms with van der Waals surface area (Å²) in [6.45, 7) is 1.52. The summed E-state index contributed by atoms with van der Waals surface area (Å²) in [7, 11) is 1.64. The van der Waals surface area contributed by atoms with Gasteiger partial charge in [0.25, 0.3) is 11.8 Å².